The Morgan fingerprint density at radius 1 is 1.07 bits per heavy atom. The third kappa shape index (κ3) is 5.43. The molecule has 0 spiro atoms. The number of rotatable bonds is 7. The number of nitrogens with zero attached hydrogens (tertiary/aromatic N) is 1. The van der Waals surface area contributed by atoms with Crippen LogP contribution in [-0.2, 0) is 4.74 Å². The Morgan fingerprint density at radius 3 is 2.30 bits per heavy atom. The molecule has 1 atom stereocenters. The molecule has 0 saturated carbocycles. The van der Waals surface area contributed by atoms with E-state index in [0.29, 0.717) is 5.56 Å². The average molecular weight is 375 g/mol. The van der Waals surface area contributed by atoms with Crippen LogP contribution in [0, 0.1) is 16.0 Å². The lowest BCUT2D eigenvalue weighted by atomic mass is 10.2. The first-order valence-electron chi connectivity index (χ1n) is 7.90. The molecule has 2 aromatic carbocycles. The second-order valence-corrected chi connectivity index (χ2v) is 5.76. The zero-order chi connectivity index (χ0) is 20.0. The first kappa shape index (κ1) is 19.7. The van der Waals surface area contributed by atoms with Crippen LogP contribution in [-0.4, -0.2) is 28.4 Å². The summed E-state index contributed by atoms with van der Waals surface area (Å²) >= 11 is 0. The van der Waals surface area contributed by atoms with Gasteiger partial charge in [-0.1, -0.05) is 32.0 Å². The number of benzene rings is 2. The second kappa shape index (κ2) is 8.65. The lowest BCUT2D eigenvalue weighted by Gasteiger charge is -2.23. The average Bonchev–Trinajstić information content (AvgIpc) is 2.62. The molecule has 0 aliphatic rings. The van der Waals surface area contributed by atoms with Gasteiger partial charge in [-0.15, -0.1) is 0 Å². The zero-order valence-corrected chi connectivity index (χ0v) is 14.5. The Balaban J connectivity index is 2.28. The van der Waals surface area contributed by atoms with Crippen LogP contribution in [0.5, 0.6) is 11.5 Å². The highest BCUT2D eigenvalue weighted by Crippen LogP contribution is 2.33. The Hall–Kier alpha value is -3.62. The largest absolute Gasteiger partial charge is 0.511 e. The molecule has 9 nitrogen and oxygen atoms in total. The number of carbonyl (C=O) groups is 2. The summed E-state index contributed by atoms with van der Waals surface area (Å²) in [6.45, 7) is 3.41. The molecule has 0 aliphatic heterocycles. The number of esters is 1. The van der Waals surface area contributed by atoms with Gasteiger partial charge in [0.2, 0.25) is 6.29 Å². The standard InChI is InChI=1S/C18H17NO8/c1-11(2)17(27-16(20)12-6-4-3-5-7-12)25-15-10-13(19(23)24)8-9-14(15)26-18(21)22/h3-11,17H,1-2H3,(H,21,22). The maximum Gasteiger partial charge on any atom is 0.511 e. The van der Waals surface area contributed by atoms with Crippen LogP contribution in [0.3, 0.4) is 0 Å². The van der Waals surface area contributed by atoms with Gasteiger partial charge in [-0.2, -0.15) is 0 Å². The summed E-state index contributed by atoms with van der Waals surface area (Å²) in [6, 6.07) is 11.4. The molecule has 0 aliphatic carbocycles. The van der Waals surface area contributed by atoms with Gasteiger partial charge in [-0.3, -0.25) is 10.1 Å². The molecule has 0 amide bonds. The van der Waals surface area contributed by atoms with Crippen molar-refractivity contribution in [3.63, 3.8) is 0 Å². The van der Waals surface area contributed by atoms with Gasteiger partial charge >= 0.3 is 12.1 Å². The molecular weight excluding hydrogens is 358 g/mol. The Labute approximate surface area is 154 Å². The molecule has 0 saturated heterocycles. The van der Waals surface area contributed by atoms with E-state index in [1.165, 1.54) is 0 Å². The first-order chi connectivity index (χ1) is 12.8. The van der Waals surface area contributed by atoms with Crippen LogP contribution in [0.25, 0.3) is 0 Å². The van der Waals surface area contributed by atoms with Crippen LogP contribution in [0.15, 0.2) is 48.5 Å². The molecule has 0 radical (unpaired) electrons. The Bertz CT molecular complexity index is 835. The fraction of sp³-hybridized carbons (Fsp3) is 0.222. The quantitative estimate of drug-likeness (QED) is 0.254. The van der Waals surface area contributed by atoms with E-state index in [4.69, 9.17) is 14.6 Å². The van der Waals surface area contributed by atoms with Gasteiger partial charge < -0.3 is 19.3 Å². The van der Waals surface area contributed by atoms with Crippen LogP contribution < -0.4 is 9.47 Å². The molecule has 0 fully saturated rings. The molecular formula is C18H17NO8. The summed E-state index contributed by atoms with van der Waals surface area (Å²) in [5.41, 5.74) is -0.0348. The minimum atomic E-state index is -1.61. The van der Waals surface area contributed by atoms with Gasteiger partial charge in [0.15, 0.2) is 11.5 Å². The van der Waals surface area contributed by atoms with Crippen molar-refractivity contribution >= 4 is 17.8 Å². The SMILES string of the molecule is CC(C)C(OC(=O)c1ccccc1)Oc1cc([N+](=O)[O-])ccc1OC(=O)O. The van der Waals surface area contributed by atoms with E-state index in [0.717, 1.165) is 18.2 Å². The van der Waals surface area contributed by atoms with Crippen molar-refractivity contribution in [2.45, 2.75) is 20.1 Å². The van der Waals surface area contributed by atoms with Gasteiger partial charge in [0.25, 0.3) is 5.69 Å². The van der Waals surface area contributed by atoms with E-state index in [1.807, 2.05) is 0 Å². The third-order valence-corrected chi connectivity index (χ3v) is 3.36. The van der Waals surface area contributed by atoms with E-state index in [-0.39, 0.29) is 23.1 Å². The molecule has 142 valence electrons. The van der Waals surface area contributed by atoms with Crippen molar-refractivity contribution < 1.29 is 33.8 Å². The predicted octanol–water partition coefficient (Wildman–Crippen LogP) is 3.87. The van der Waals surface area contributed by atoms with Gasteiger partial charge in [-0.25, -0.2) is 9.59 Å². The molecule has 1 unspecified atom stereocenters. The summed E-state index contributed by atoms with van der Waals surface area (Å²) in [5, 5.41) is 19.8. The molecule has 2 aromatic rings. The van der Waals surface area contributed by atoms with Crippen molar-refractivity contribution in [2.24, 2.45) is 5.92 Å². The van der Waals surface area contributed by atoms with Crippen molar-refractivity contribution in [1.82, 2.24) is 0 Å². The molecule has 0 heterocycles. The number of hydrogen-bond donors (Lipinski definition) is 1. The van der Waals surface area contributed by atoms with E-state index in [9.17, 15) is 19.7 Å². The van der Waals surface area contributed by atoms with Crippen molar-refractivity contribution in [1.29, 1.82) is 0 Å². The van der Waals surface area contributed by atoms with E-state index in [1.54, 1.807) is 44.2 Å². The van der Waals surface area contributed by atoms with Gasteiger partial charge in [-0.05, 0) is 18.2 Å². The molecule has 1 N–H and O–H groups in total. The van der Waals surface area contributed by atoms with Crippen LogP contribution >= 0.6 is 0 Å². The first-order valence-corrected chi connectivity index (χ1v) is 7.90. The molecule has 9 heteroatoms. The lowest BCUT2D eigenvalue weighted by Crippen LogP contribution is -2.30. The topological polar surface area (TPSA) is 125 Å². The van der Waals surface area contributed by atoms with Crippen molar-refractivity contribution in [3.05, 3.63) is 64.2 Å². The maximum absolute atomic E-state index is 12.3. The second-order valence-electron chi connectivity index (χ2n) is 5.76. The van der Waals surface area contributed by atoms with E-state index >= 15 is 0 Å². The normalized spacial score (nSPS) is 11.5. The predicted molar refractivity (Wildman–Crippen MR) is 92.9 cm³/mol. The Morgan fingerprint density at radius 2 is 1.74 bits per heavy atom. The lowest BCUT2D eigenvalue weighted by molar-refractivity contribution is -0.385. The number of nitro benzene ring substituents is 1. The van der Waals surface area contributed by atoms with Crippen LogP contribution in [0.2, 0.25) is 0 Å². The fourth-order valence-electron chi connectivity index (χ4n) is 2.05. The number of carbonyl (C=O) groups excluding carboxylic acids is 1. The van der Waals surface area contributed by atoms with Crippen LogP contribution in [0.4, 0.5) is 10.5 Å². The maximum atomic E-state index is 12.3. The van der Waals surface area contributed by atoms with Gasteiger partial charge in [0.05, 0.1) is 16.6 Å². The number of hydrogen-bond acceptors (Lipinski definition) is 7. The third-order valence-electron chi connectivity index (χ3n) is 3.36. The minimum absolute atomic E-state index is 0.230. The monoisotopic (exact) mass is 375 g/mol. The summed E-state index contributed by atoms with van der Waals surface area (Å²) in [6.07, 6.45) is -2.74. The summed E-state index contributed by atoms with van der Waals surface area (Å²) < 4.78 is 15.5. The highest BCUT2D eigenvalue weighted by atomic mass is 16.7. The number of carboxylic acid groups (broad SMARTS) is 1. The zero-order valence-electron chi connectivity index (χ0n) is 14.5. The van der Waals surface area contributed by atoms with Gasteiger partial charge in [0.1, 0.15) is 0 Å². The van der Waals surface area contributed by atoms with E-state index in [2.05, 4.69) is 4.74 Å². The van der Waals surface area contributed by atoms with Crippen molar-refractivity contribution in [2.75, 3.05) is 0 Å². The van der Waals surface area contributed by atoms with Crippen molar-refractivity contribution in [3.8, 4) is 11.5 Å². The summed E-state index contributed by atoms with van der Waals surface area (Å²) in [7, 11) is 0. The van der Waals surface area contributed by atoms with Crippen LogP contribution in [0.1, 0.15) is 24.2 Å². The summed E-state index contributed by atoms with van der Waals surface area (Å²) in [4.78, 5) is 33.4. The molecule has 27 heavy (non-hydrogen) atoms. The number of ether oxygens (including phenoxy) is 3. The number of non-ortho nitro benzene ring substituents is 1. The molecule has 2 rings (SSSR count). The highest BCUT2D eigenvalue weighted by molar-refractivity contribution is 5.89. The summed E-state index contributed by atoms with van der Waals surface area (Å²) in [5.74, 6) is -1.48. The van der Waals surface area contributed by atoms with Gasteiger partial charge in [0, 0.05) is 12.0 Å². The molecule has 0 bridgehead atoms. The molecule has 0 aromatic heterocycles. The number of nitro groups is 1. The Kier molecular flexibility index (Phi) is 6.32. The highest BCUT2D eigenvalue weighted by Gasteiger charge is 2.25. The smallest absolute Gasteiger partial charge is 0.450 e. The van der Waals surface area contributed by atoms with E-state index < -0.39 is 23.3 Å². The minimum Gasteiger partial charge on any atom is -0.450 e. The fourth-order valence-corrected chi connectivity index (χ4v) is 2.05.